The van der Waals surface area contributed by atoms with Gasteiger partial charge in [-0.25, -0.2) is 8.42 Å². The first kappa shape index (κ1) is 22.3. The minimum absolute atomic E-state index is 0.0656. The number of nitrogens with one attached hydrogen (secondary N) is 1. The summed E-state index contributed by atoms with van der Waals surface area (Å²) in [5.74, 6) is -0.409. The SMILES string of the molecule is CN(C(=O)c1cc(=O)[nH]c2ccc(S(=O)(=O)N3CCOCC3)cc12)c1cccc2ccccc12. The normalized spacial score (nSPS) is 15.0. The standard InChI is InChI=1S/C25H23N3O5S/c1-27(23-8-4-6-17-5-2-3-7-19(17)23)25(30)21-16-24(29)26-22-10-9-18(15-20(21)22)34(31,32)28-11-13-33-14-12-28/h2-10,15-16H,11-14H2,1H3,(H,26,29). The number of amides is 1. The lowest BCUT2D eigenvalue weighted by molar-refractivity contribution is 0.0730. The predicted molar refractivity (Wildman–Crippen MR) is 131 cm³/mol. The zero-order chi connectivity index (χ0) is 23.9. The fourth-order valence-electron chi connectivity index (χ4n) is 4.30. The Morgan fingerprint density at radius 2 is 1.71 bits per heavy atom. The number of carbonyl (C=O) groups is 1. The maximum absolute atomic E-state index is 13.6. The number of nitrogens with zero attached hydrogens (tertiary/aromatic N) is 2. The highest BCUT2D eigenvalue weighted by Crippen LogP contribution is 2.29. The van der Waals surface area contributed by atoms with Gasteiger partial charge in [0.1, 0.15) is 0 Å². The number of hydrogen-bond acceptors (Lipinski definition) is 5. The molecule has 174 valence electrons. The van der Waals surface area contributed by atoms with Crippen molar-refractivity contribution in [3.8, 4) is 0 Å². The van der Waals surface area contributed by atoms with E-state index in [1.807, 2.05) is 42.5 Å². The molecule has 1 fully saturated rings. The van der Waals surface area contributed by atoms with Gasteiger partial charge in [-0.05, 0) is 29.7 Å². The van der Waals surface area contributed by atoms with Crippen LogP contribution in [0.5, 0.6) is 0 Å². The van der Waals surface area contributed by atoms with E-state index in [-0.39, 0.29) is 23.5 Å². The second kappa shape index (κ2) is 8.68. The summed E-state index contributed by atoms with van der Waals surface area (Å²) in [7, 11) is -2.13. The monoisotopic (exact) mass is 477 g/mol. The van der Waals surface area contributed by atoms with E-state index >= 15 is 0 Å². The van der Waals surface area contributed by atoms with Gasteiger partial charge >= 0.3 is 0 Å². The lowest BCUT2D eigenvalue weighted by Gasteiger charge is -2.26. The van der Waals surface area contributed by atoms with Gasteiger partial charge in [-0.15, -0.1) is 0 Å². The molecular weight excluding hydrogens is 454 g/mol. The average Bonchev–Trinajstić information content (AvgIpc) is 2.87. The van der Waals surface area contributed by atoms with Crippen molar-refractivity contribution in [2.75, 3.05) is 38.3 Å². The highest BCUT2D eigenvalue weighted by atomic mass is 32.2. The number of benzene rings is 3. The molecule has 1 aromatic heterocycles. The summed E-state index contributed by atoms with van der Waals surface area (Å²) >= 11 is 0. The molecule has 34 heavy (non-hydrogen) atoms. The van der Waals surface area contributed by atoms with Crippen molar-refractivity contribution >= 4 is 43.3 Å². The van der Waals surface area contributed by atoms with Crippen LogP contribution in [-0.4, -0.2) is 57.0 Å². The van der Waals surface area contributed by atoms with E-state index in [0.717, 1.165) is 10.8 Å². The molecule has 4 aromatic rings. The van der Waals surface area contributed by atoms with E-state index < -0.39 is 21.5 Å². The second-order valence-corrected chi connectivity index (χ2v) is 10.1. The number of pyridine rings is 1. The first-order valence-corrected chi connectivity index (χ1v) is 12.3. The van der Waals surface area contributed by atoms with Gasteiger partial charge in [0.05, 0.1) is 29.4 Å². The Morgan fingerprint density at radius 3 is 2.50 bits per heavy atom. The molecule has 0 aliphatic carbocycles. The molecule has 9 heteroatoms. The number of H-pyrrole nitrogens is 1. The summed E-state index contributed by atoms with van der Waals surface area (Å²) in [5.41, 5.74) is 0.774. The Morgan fingerprint density at radius 1 is 0.971 bits per heavy atom. The maximum atomic E-state index is 13.6. The number of morpholine rings is 1. The summed E-state index contributed by atoms with van der Waals surface area (Å²) in [5, 5.41) is 2.24. The molecule has 1 saturated heterocycles. The zero-order valence-electron chi connectivity index (χ0n) is 18.5. The van der Waals surface area contributed by atoms with Crippen LogP contribution in [0.2, 0.25) is 0 Å². The van der Waals surface area contributed by atoms with Crippen LogP contribution in [0.15, 0.2) is 76.4 Å². The number of aromatic nitrogens is 1. The minimum Gasteiger partial charge on any atom is -0.379 e. The van der Waals surface area contributed by atoms with Crippen LogP contribution in [-0.2, 0) is 14.8 Å². The van der Waals surface area contributed by atoms with Crippen molar-refractivity contribution in [1.29, 1.82) is 0 Å². The van der Waals surface area contributed by atoms with E-state index in [0.29, 0.717) is 29.8 Å². The topological polar surface area (TPSA) is 99.8 Å². The molecule has 1 aliphatic heterocycles. The highest BCUT2D eigenvalue weighted by Gasteiger charge is 2.27. The van der Waals surface area contributed by atoms with E-state index in [2.05, 4.69) is 4.98 Å². The lowest BCUT2D eigenvalue weighted by Crippen LogP contribution is -2.40. The molecule has 0 bridgehead atoms. The molecule has 0 atom stereocenters. The van der Waals surface area contributed by atoms with Gasteiger partial charge in [-0.2, -0.15) is 4.31 Å². The maximum Gasteiger partial charge on any atom is 0.258 e. The van der Waals surface area contributed by atoms with Gasteiger partial charge in [-0.3, -0.25) is 9.59 Å². The molecule has 1 amide bonds. The first-order valence-electron chi connectivity index (χ1n) is 10.9. The van der Waals surface area contributed by atoms with Crippen molar-refractivity contribution in [1.82, 2.24) is 9.29 Å². The van der Waals surface area contributed by atoms with Crippen molar-refractivity contribution in [3.63, 3.8) is 0 Å². The number of anilines is 1. The fourth-order valence-corrected chi connectivity index (χ4v) is 5.73. The van der Waals surface area contributed by atoms with Crippen molar-refractivity contribution < 1.29 is 17.9 Å². The summed E-state index contributed by atoms with van der Waals surface area (Å²) in [4.78, 5) is 30.2. The van der Waals surface area contributed by atoms with E-state index in [1.165, 1.54) is 33.5 Å². The Hall–Kier alpha value is -3.53. The Kier molecular flexibility index (Phi) is 5.68. The molecule has 1 N–H and O–H groups in total. The third-order valence-electron chi connectivity index (χ3n) is 6.09. The number of hydrogen-bond donors (Lipinski definition) is 1. The average molecular weight is 478 g/mol. The Balaban J connectivity index is 1.62. The molecule has 8 nitrogen and oxygen atoms in total. The van der Waals surface area contributed by atoms with Crippen molar-refractivity contribution in [2.24, 2.45) is 0 Å². The van der Waals surface area contributed by atoms with Crippen LogP contribution in [0.4, 0.5) is 5.69 Å². The van der Waals surface area contributed by atoms with Gasteiger partial charge in [0.2, 0.25) is 15.6 Å². The summed E-state index contributed by atoms with van der Waals surface area (Å²) in [6.45, 7) is 1.20. The Bertz CT molecular complexity index is 1570. The molecule has 0 spiro atoms. The third-order valence-corrected chi connectivity index (χ3v) is 7.98. The van der Waals surface area contributed by atoms with Crippen molar-refractivity contribution in [3.05, 3.63) is 82.6 Å². The number of carbonyl (C=O) groups excluding carboxylic acids is 1. The quantitative estimate of drug-likeness (QED) is 0.487. The molecule has 0 radical (unpaired) electrons. The summed E-state index contributed by atoms with van der Waals surface area (Å²) in [6, 6.07) is 19.0. The van der Waals surface area contributed by atoms with Crippen LogP contribution in [0, 0.1) is 0 Å². The smallest absolute Gasteiger partial charge is 0.258 e. The highest BCUT2D eigenvalue weighted by molar-refractivity contribution is 7.89. The minimum atomic E-state index is -3.77. The van der Waals surface area contributed by atoms with E-state index in [4.69, 9.17) is 4.74 Å². The lowest BCUT2D eigenvalue weighted by atomic mass is 10.1. The van der Waals surface area contributed by atoms with Crippen LogP contribution < -0.4 is 10.5 Å². The number of aromatic amines is 1. The zero-order valence-corrected chi connectivity index (χ0v) is 19.3. The molecular formula is C25H23N3O5S. The van der Waals surface area contributed by atoms with Crippen molar-refractivity contribution in [2.45, 2.75) is 4.90 Å². The van der Waals surface area contributed by atoms with Gasteiger partial charge in [0, 0.05) is 42.5 Å². The van der Waals surface area contributed by atoms with E-state index in [9.17, 15) is 18.0 Å². The third kappa shape index (κ3) is 3.87. The van der Waals surface area contributed by atoms with Crippen LogP contribution >= 0.6 is 0 Å². The van der Waals surface area contributed by atoms with Crippen LogP contribution in [0.25, 0.3) is 21.7 Å². The summed E-state index contributed by atoms with van der Waals surface area (Å²) < 4.78 is 33.0. The molecule has 0 saturated carbocycles. The number of fused-ring (bicyclic) bond motifs is 2. The van der Waals surface area contributed by atoms with Gasteiger partial charge < -0.3 is 14.6 Å². The van der Waals surface area contributed by atoms with E-state index in [1.54, 1.807) is 7.05 Å². The first-order chi connectivity index (χ1) is 16.4. The second-order valence-electron chi connectivity index (χ2n) is 8.13. The predicted octanol–water partition coefficient (Wildman–Crippen LogP) is 2.98. The molecule has 3 aromatic carbocycles. The molecule has 0 unspecified atom stereocenters. The molecule has 5 rings (SSSR count). The Labute approximate surface area is 196 Å². The fraction of sp³-hybridized carbons (Fsp3) is 0.200. The van der Waals surface area contributed by atoms with Crippen LogP contribution in [0.1, 0.15) is 10.4 Å². The van der Waals surface area contributed by atoms with Crippen LogP contribution in [0.3, 0.4) is 0 Å². The number of sulfonamides is 1. The van der Waals surface area contributed by atoms with Gasteiger partial charge in [0.15, 0.2) is 0 Å². The van der Waals surface area contributed by atoms with Gasteiger partial charge in [0.25, 0.3) is 5.91 Å². The van der Waals surface area contributed by atoms with Gasteiger partial charge in [-0.1, -0.05) is 36.4 Å². The molecule has 2 heterocycles. The summed E-state index contributed by atoms with van der Waals surface area (Å²) in [6.07, 6.45) is 0. The molecule has 1 aliphatic rings. The number of rotatable bonds is 4. The number of ether oxygens (including phenoxy) is 1. The largest absolute Gasteiger partial charge is 0.379 e.